The molecule has 2 rings (SSSR count). The summed E-state index contributed by atoms with van der Waals surface area (Å²) in [4.78, 5) is 14.3. The zero-order valence-electron chi connectivity index (χ0n) is 14.0. The van der Waals surface area contributed by atoms with Crippen LogP contribution in [0.25, 0.3) is 0 Å². The van der Waals surface area contributed by atoms with Gasteiger partial charge in [-0.3, -0.25) is 4.79 Å². The van der Waals surface area contributed by atoms with Crippen LogP contribution in [0.4, 0.5) is 0 Å². The first-order chi connectivity index (χ1) is 11.7. The number of carbonyl (C=O) groups excluding carboxylic acids is 1. The Balaban J connectivity index is 2.41. The van der Waals surface area contributed by atoms with Crippen LogP contribution in [0.5, 0.6) is 0 Å². The van der Waals surface area contributed by atoms with Gasteiger partial charge in [-0.25, -0.2) is 0 Å². The second-order valence-electron chi connectivity index (χ2n) is 5.71. The quantitative estimate of drug-likeness (QED) is 0.293. The van der Waals surface area contributed by atoms with Gasteiger partial charge in [0.2, 0.25) is 0 Å². The van der Waals surface area contributed by atoms with E-state index in [9.17, 15) is 4.79 Å². The van der Waals surface area contributed by atoms with Crippen molar-refractivity contribution in [2.24, 2.45) is 0 Å². The minimum absolute atomic E-state index is 0.254. The van der Waals surface area contributed by atoms with Crippen LogP contribution >= 0.6 is 11.8 Å². The first-order valence-corrected chi connectivity index (χ1v) is 9.09. The number of benzene rings is 2. The Morgan fingerprint density at radius 2 is 1.58 bits per heavy atom. The predicted molar refractivity (Wildman–Crippen MR) is 104 cm³/mol. The lowest BCUT2D eigenvalue weighted by Crippen LogP contribution is -2.32. The summed E-state index contributed by atoms with van der Waals surface area (Å²) in [6, 6.07) is 20.2. The molecule has 0 aromatic heterocycles. The number of carbonyl (C=O) groups is 1. The first kappa shape index (κ1) is 18.3. The predicted octanol–water partition coefficient (Wildman–Crippen LogP) is 6.18. The third kappa shape index (κ3) is 4.48. The van der Waals surface area contributed by atoms with Gasteiger partial charge in [-0.05, 0) is 37.0 Å². The van der Waals surface area contributed by atoms with E-state index in [0.29, 0.717) is 12.8 Å². The molecule has 2 aromatic rings. The van der Waals surface area contributed by atoms with Gasteiger partial charge in [-0.1, -0.05) is 60.7 Å². The third-order valence-corrected chi connectivity index (χ3v) is 5.46. The second kappa shape index (κ2) is 9.29. The molecule has 0 N–H and O–H groups in total. The molecular formula is C22H24OS. The summed E-state index contributed by atoms with van der Waals surface area (Å²) in [5.74, 6) is 0.254. The molecule has 1 nitrogen and oxygen atoms in total. The Hall–Kier alpha value is -2.06. The molecule has 0 radical (unpaired) electrons. The summed E-state index contributed by atoms with van der Waals surface area (Å²) in [6.07, 6.45) is 6.59. The molecular weight excluding hydrogens is 312 g/mol. The fourth-order valence-electron chi connectivity index (χ4n) is 2.76. The van der Waals surface area contributed by atoms with E-state index in [4.69, 9.17) is 0 Å². The molecule has 124 valence electrons. The number of unbranched alkanes of at least 4 members (excludes halogenated alkanes) is 1. The number of hydrogen-bond donors (Lipinski definition) is 0. The third-order valence-electron chi connectivity index (χ3n) is 3.97. The Kier molecular flexibility index (Phi) is 7.07. The number of ketones is 1. The van der Waals surface area contributed by atoms with Crippen LogP contribution in [-0.4, -0.2) is 5.78 Å². The largest absolute Gasteiger partial charge is 0.298 e. The topological polar surface area (TPSA) is 17.1 Å². The smallest absolute Gasteiger partial charge is 0.154 e. The summed E-state index contributed by atoms with van der Waals surface area (Å²) in [7, 11) is 0. The summed E-state index contributed by atoms with van der Waals surface area (Å²) >= 11 is 1.63. The number of thioether (sulfide) groups is 1. The van der Waals surface area contributed by atoms with E-state index < -0.39 is 4.75 Å². The lowest BCUT2D eigenvalue weighted by atomic mass is 9.88. The van der Waals surface area contributed by atoms with Crippen LogP contribution in [0.1, 0.15) is 31.2 Å². The lowest BCUT2D eigenvalue weighted by Gasteiger charge is -2.32. The summed E-state index contributed by atoms with van der Waals surface area (Å²) < 4.78 is -0.620. The number of allylic oxidation sites excluding steroid dienone is 2. The van der Waals surface area contributed by atoms with Crippen molar-refractivity contribution in [1.29, 1.82) is 0 Å². The van der Waals surface area contributed by atoms with Gasteiger partial charge in [0.05, 0.1) is 0 Å². The highest BCUT2D eigenvalue weighted by Gasteiger charge is 2.39. The van der Waals surface area contributed by atoms with Gasteiger partial charge in [-0.2, -0.15) is 0 Å². The van der Waals surface area contributed by atoms with Crippen LogP contribution in [0, 0.1) is 0 Å². The zero-order valence-corrected chi connectivity index (χ0v) is 14.8. The molecule has 0 aliphatic carbocycles. The lowest BCUT2D eigenvalue weighted by molar-refractivity contribution is -0.121. The Labute approximate surface area is 149 Å². The van der Waals surface area contributed by atoms with E-state index in [1.165, 1.54) is 0 Å². The van der Waals surface area contributed by atoms with Gasteiger partial charge in [0.25, 0.3) is 0 Å². The maximum Gasteiger partial charge on any atom is 0.154 e. The van der Waals surface area contributed by atoms with E-state index in [2.05, 4.69) is 25.3 Å². The molecule has 1 atom stereocenters. The van der Waals surface area contributed by atoms with E-state index in [0.717, 1.165) is 23.3 Å². The summed E-state index contributed by atoms with van der Waals surface area (Å²) in [5.41, 5.74) is 1.04. The molecule has 0 saturated heterocycles. The van der Waals surface area contributed by atoms with Crippen molar-refractivity contribution in [3.63, 3.8) is 0 Å². The summed E-state index contributed by atoms with van der Waals surface area (Å²) in [5, 5.41) is 0. The van der Waals surface area contributed by atoms with Crippen molar-refractivity contribution in [2.75, 3.05) is 0 Å². The average molecular weight is 337 g/mol. The van der Waals surface area contributed by atoms with Crippen LogP contribution < -0.4 is 0 Å². The standard InChI is InChI=1S/C22H24OS/c1-3-5-8-17-21(23)22(18-4-2,19-13-9-6-10-14-19)24-20-15-11-7-12-16-20/h3-4,6-7,9-16H,1-2,5,8,17-18H2. The first-order valence-electron chi connectivity index (χ1n) is 8.27. The zero-order chi connectivity index (χ0) is 17.3. The highest BCUT2D eigenvalue weighted by Crippen LogP contribution is 2.46. The van der Waals surface area contributed by atoms with Crippen molar-refractivity contribution >= 4 is 17.5 Å². The second-order valence-corrected chi connectivity index (χ2v) is 7.08. The van der Waals surface area contributed by atoms with Crippen LogP contribution in [0.3, 0.4) is 0 Å². The Morgan fingerprint density at radius 1 is 0.958 bits per heavy atom. The highest BCUT2D eigenvalue weighted by molar-refractivity contribution is 8.01. The summed E-state index contributed by atoms with van der Waals surface area (Å²) in [6.45, 7) is 7.66. The average Bonchev–Trinajstić information content (AvgIpc) is 2.63. The van der Waals surface area contributed by atoms with E-state index >= 15 is 0 Å². The van der Waals surface area contributed by atoms with Crippen molar-refractivity contribution < 1.29 is 4.79 Å². The minimum Gasteiger partial charge on any atom is -0.298 e. The van der Waals surface area contributed by atoms with Crippen molar-refractivity contribution in [1.82, 2.24) is 0 Å². The minimum atomic E-state index is -0.620. The van der Waals surface area contributed by atoms with Gasteiger partial charge in [-0.15, -0.1) is 24.9 Å². The molecule has 1 unspecified atom stereocenters. The highest BCUT2D eigenvalue weighted by atomic mass is 32.2. The molecule has 0 bridgehead atoms. The molecule has 0 fully saturated rings. The number of Topliss-reactive ketones (excluding diaryl/α,β-unsaturated/α-hetero) is 1. The monoisotopic (exact) mass is 336 g/mol. The maximum atomic E-state index is 13.2. The molecule has 0 heterocycles. The van der Waals surface area contributed by atoms with Gasteiger partial charge >= 0.3 is 0 Å². The molecule has 2 aromatic carbocycles. The van der Waals surface area contributed by atoms with Crippen molar-refractivity contribution in [3.8, 4) is 0 Å². The normalized spacial score (nSPS) is 13.0. The van der Waals surface area contributed by atoms with Crippen LogP contribution in [0.15, 0.2) is 90.9 Å². The fourth-order valence-corrected chi connectivity index (χ4v) is 4.13. The maximum absolute atomic E-state index is 13.2. The van der Waals surface area contributed by atoms with Crippen molar-refractivity contribution in [3.05, 3.63) is 91.5 Å². The molecule has 0 spiro atoms. The van der Waals surface area contributed by atoms with Gasteiger partial charge in [0, 0.05) is 11.3 Å². The van der Waals surface area contributed by atoms with Gasteiger partial charge < -0.3 is 0 Å². The molecule has 0 aliphatic heterocycles. The fraction of sp³-hybridized carbons (Fsp3) is 0.227. The van der Waals surface area contributed by atoms with Crippen LogP contribution in [-0.2, 0) is 9.54 Å². The van der Waals surface area contributed by atoms with E-state index in [1.807, 2.05) is 60.7 Å². The van der Waals surface area contributed by atoms with E-state index in [-0.39, 0.29) is 5.78 Å². The van der Waals surface area contributed by atoms with Gasteiger partial charge in [0.15, 0.2) is 5.78 Å². The SMILES string of the molecule is C=CCCCC(=O)C(CC=C)(Sc1ccccc1)c1ccccc1. The molecule has 2 heteroatoms. The molecule has 0 amide bonds. The molecule has 24 heavy (non-hydrogen) atoms. The number of hydrogen-bond acceptors (Lipinski definition) is 2. The molecule has 0 aliphatic rings. The van der Waals surface area contributed by atoms with Gasteiger partial charge in [0.1, 0.15) is 4.75 Å². The Bertz CT molecular complexity index is 663. The van der Waals surface area contributed by atoms with Crippen LogP contribution in [0.2, 0.25) is 0 Å². The number of rotatable bonds is 10. The van der Waals surface area contributed by atoms with E-state index in [1.54, 1.807) is 11.8 Å². The van der Waals surface area contributed by atoms with Crippen molar-refractivity contribution in [2.45, 2.75) is 35.3 Å². The molecule has 0 saturated carbocycles. The Morgan fingerprint density at radius 3 is 2.17 bits per heavy atom.